The number of halogens is 1. The molecule has 2 heterocycles. The number of hydrazone groups is 1. The molecule has 1 aromatic heterocycles. The maximum absolute atomic E-state index is 10.8. The molecule has 0 N–H and O–H groups in total. The number of hydrogen-bond acceptors (Lipinski definition) is 5. The molecule has 0 saturated carbocycles. The highest BCUT2D eigenvalue weighted by atomic mass is 35.5. The fraction of sp³-hybridized carbons (Fsp3) is 0.636. The van der Waals surface area contributed by atoms with Crippen LogP contribution in [0.15, 0.2) is 11.3 Å². The summed E-state index contributed by atoms with van der Waals surface area (Å²) in [5.41, 5.74) is 0. The topological polar surface area (TPSA) is 78.1 Å². The van der Waals surface area contributed by atoms with Crippen molar-refractivity contribution in [1.82, 2.24) is 19.7 Å². The van der Waals surface area contributed by atoms with E-state index in [-0.39, 0.29) is 0 Å². The van der Waals surface area contributed by atoms with E-state index in [0.29, 0.717) is 36.4 Å². The van der Waals surface area contributed by atoms with Crippen LogP contribution in [-0.4, -0.2) is 57.1 Å². The molecule has 1 aromatic rings. The molecule has 1 aliphatic rings. The highest BCUT2D eigenvalue weighted by Gasteiger charge is 2.30. The van der Waals surface area contributed by atoms with Gasteiger partial charge < -0.3 is 9.80 Å². The van der Waals surface area contributed by atoms with Gasteiger partial charge in [-0.05, 0) is 13.8 Å². The molecule has 1 saturated heterocycles. The maximum Gasteiger partial charge on any atom is 0.276 e. The highest BCUT2D eigenvalue weighted by molar-refractivity contribution is 7.15. The van der Waals surface area contributed by atoms with Gasteiger partial charge in [0.1, 0.15) is 5.10 Å². The van der Waals surface area contributed by atoms with Crippen molar-refractivity contribution in [2.75, 3.05) is 20.4 Å². The first-order valence-electron chi connectivity index (χ1n) is 6.40. The van der Waals surface area contributed by atoms with E-state index in [9.17, 15) is 10.1 Å². The van der Waals surface area contributed by atoms with E-state index in [1.54, 1.807) is 18.1 Å². The second-order valence-corrected chi connectivity index (χ2v) is 6.78. The Morgan fingerprint density at radius 2 is 2.29 bits per heavy atom. The molecule has 0 unspecified atom stereocenters. The summed E-state index contributed by atoms with van der Waals surface area (Å²) in [6.45, 7) is 5.84. The van der Waals surface area contributed by atoms with E-state index in [1.807, 2.05) is 4.90 Å². The van der Waals surface area contributed by atoms with Gasteiger partial charge in [-0.1, -0.05) is 11.6 Å². The molecule has 1 aliphatic heterocycles. The molecule has 2 rings (SSSR count). The number of nitrogens with zero attached hydrogens (tertiary/aromatic N) is 6. The average Bonchev–Trinajstić information content (AvgIpc) is 2.78. The van der Waals surface area contributed by atoms with Gasteiger partial charge in [-0.25, -0.2) is 15.1 Å². The third kappa shape index (κ3) is 4.02. The van der Waals surface area contributed by atoms with Crippen molar-refractivity contribution < 1.29 is 5.03 Å². The van der Waals surface area contributed by atoms with E-state index in [1.165, 1.54) is 11.3 Å². The average molecular weight is 333 g/mol. The second kappa shape index (κ2) is 6.54. The number of nitro groups is 1. The first-order chi connectivity index (χ1) is 9.86. The monoisotopic (exact) mass is 332 g/mol. The van der Waals surface area contributed by atoms with Crippen LogP contribution in [-0.2, 0) is 6.54 Å². The highest BCUT2D eigenvalue weighted by Crippen LogP contribution is 2.21. The quantitative estimate of drug-likeness (QED) is 0.617. The number of aromatic nitrogens is 1. The van der Waals surface area contributed by atoms with Gasteiger partial charge in [-0.2, -0.15) is 0 Å². The number of guanidine groups is 1. The predicted octanol–water partition coefficient (Wildman–Crippen LogP) is 1.72. The molecule has 10 heteroatoms. The van der Waals surface area contributed by atoms with Crippen LogP contribution in [0.1, 0.15) is 18.7 Å². The molecule has 0 spiro atoms. The van der Waals surface area contributed by atoms with E-state index < -0.39 is 5.03 Å². The lowest BCUT2D eigenvalue weighted by Crippen LogP contribution is -2.58. The van der Waals surface area contributed by atoms with E-state index >= 15 is 0 Å². The van der Waals surface area contributed by atoms with Crippen LogP contribution in [0.2, 0.25) is 4.47 Å². The van der Waals surface area contributed by atoms with Crippen LogP contribution in [0.25, 0.3) is 0 Å². The molecule has 0 atom stereocenters. The van der Waals surface area contributed by atoms with Gasteiger partial charge in [0, 0.05) is 24.2 Å². The zero-order valence-corrected chi connectivity index (χ0v) is 13.6. The largest absolute Gasteiger partial charge is 0.328 e. The Bertz CT molecular complexity index is 549. The Morgan fingerprint density at radius 1 is 1.57 bits per heavy atom. The molecule has 1 fully saturated rings. The van der Waals surface area contributed by atoms with E-state index in [2.05, 4.69) is 28.8 Å². The van der Waals surface area contributed by atoms with Crippen LogP contribution < -0.4 is 0 Å². The third-order valence-corrected chi connectivity index (χ3v) is 4.24. The molecule has 21 heavy (non-hydrogen) atoms. The Kier molecular flexibility index (Phi) is 4.96. The van der Waals surface area contributed by atoms with Crippen molar-refractivity contribution in [3.05, 3.63) is 25.7 Å². The zero-order chi connectivity index (χ0) is 15.6. The lowest BCUT2D eigenvalue weighted by Gasteiger charge is -2.43. The van der Waals surface area contributed by atoms with Gasteiger partial charge in [-0.15, -0.1) is 11.3 Å². The standard InChI is InChI=1S/C11H17ClN6O2S/c1-8(2)17-6-15(3)11(14-18(19)20)16(7-17)5-9-4-13-10(12)21-9/h4,8H,5-7H2,1-3H3. The van der Waals surface area contributed by atoms with Crippen LogP contribution in [0.5, 0.6) is 0 Å². The number of thiazole rings is 1. The summed E-state index contributed by atoms with van der Waals surface area (Å²) in [6.07, 6.45) is 1.69. The Morgan fingerprint density at radius 3 is 2.81 bits per heavy atom. The van der Waals surface area contributed by atoms with Crippen molar-refractivity contribution in [1.29, 1.82) is 0 Å². The minimum atomic E-state index is -0.663. The first kappa shape index (κ1) is 15.9. The number of rotatable bonds is 4. The minimum Gasteiger partial charge on any atom is -0.328 e. The predicted molar refractivity (Wildman–Crippen MR) is 81.6 cm³/mol. The molecular formula is C11H17ClN6O2S. The molecule has 116 valence electrons. The second-order valence-electron chi connectivity index (χ2n) is 5.08. The summed E-state index contributed by atoms with van der Waals surface area (Å²) in [5, 5.41) is 13.6. The third-order valence-electron chi connectivity index (χ3n) is 3.14. The summed E-state index contributed by atoms with van der Waals surface area (Å²) in [4.78, 5) is 21.5. The fourth-order valence-corrected chi connectivity index (χ4v) is 3.10. The summed E-state index contributed by atoms with van der Waals surface area (Å²) in [6, 6.07) is 0.331. The smallest absolute Gasteiger partial charge is 0.276 e. The SMILES string of the molecule is CC(C)N1CN(C)C(=N[N+](=O)[O-])N(Cc2cnc(Cl)s2)C1. The fourth-order valence-electron chi connectivity index (χ4n) is 2.11. The first-order valence-corrected chi connectivity index (χ1v) is 7.59. The van der Waals surface area contributed by atoms with Gasteiger partial charge >= 0.3 is 0 Å². The summed E-state index contributed by atoms with van der Waals surface area (Å²) in [7, 11) is 1.80. The van der Waals surface area contributed by atoms with E-state index in [0.717, 1.165) is 4.88 Å². The summed E-state index contributed by atoms with van der Waals surface area (Å²) in [5.74, 6) is 0.349. The van der Waals surface area contributed by atoms with E-state index in [4.69, 9.17) is 11.6 Å². The molecular weight excluding hydrogens is 316 g/mol. The van der Waals surface area contributed by atoms with Crippen molar-refractivity contribution in [3.63, 3.8) is 0 Å². The number of hydrogen-bond donors (Lipinski definition) is 0. The van der Waals surface area contributed by atoms with Crippen LogP contribution in [0.4, 0.5) is 0 Å². The van der Waals surface area contributed by atoms with Crippen molar-refractivity contribution in [3.8, 4) is 0 Å². The lowest BCUT2D eigenvalue weighted by molar-refractivity contribution is -0.486. The zero-order valence-electron chi connectivity index (χ0n) is 12.1. The molecule has 0 amide bonds. The molecule has 0 bridgehead atoms. The summed E-state index contributed by atoms with van der Waals surface area (Å²) < 4.78 is 0.462. The van der Waals surface area contributed by atoms with Gasteiger partial charge in [0.2, 0.25) is 0 Å². The Labute approximate surface area is 131 Å². The van der Waals surface area contributed by atoms with Crippen molar-refractivity contribution in [2.24, 2.45) is 5.10 Å². The Balaban J connectivity index is 2.23. The maximum atomic E-state index is 10.8. The molecule has 0 aliphatic carbocycles. The van der Waals surface area contributed by atoms with Crippen LogP contribution in [0, 0.1) is 10.1 Å². The summed E-state index contributed by atoms with van der Waals surface area (Å²) >= 11 is 7.20. The minimum absolute atomic E-state index is 0.331. The molecule has 0 radical (unpaired) electrons. The van der Waals surface area contributed by atoms with Crippen molar-refractivity contribution >= 4 is 28.9 Å². The van der Waals surface area contributed by atoms with Gasteiger partial charge in [0.15, 0.2) is 9.50 Å². The molecule has 8 nitrogen and oxygen atoms in total. The van der Waals surface area contributed by atoms with Crippen LogP contribution in [0.3, 0.4) is 0 Å². The Hall–Kier alpha value is -1.45. The van der Waals surface area contributed by atoms with Crippen LogP contribution >= 0.6 is 22.9 Å². The normalized spacial score (nSPS) is 18.8. The van der Waals surface area contributed by atoms with Gasteiger partial charge in [0.05, 0.1) is 19.9 Å². The van der Waals surface area contributed by atoms with Gasteiger partial charge in [-0.3, -0.25) is 4.90 Å². The van der Waals surface area contributed by atoms with Gasteiger partial charge in [0.25, 0.3) is 5.96 Å². The molecule has 0 aromatic carbocycles. The van der Waals surface area contributed by atoms with Crippen molar-refractivity contribution in [2.45, 2.75) is 26.4 Å². The lowest BCUT2D eigenvalue weighted by atomic mass is 10.3.